The van der Waals surface area contributed by atoms with Crippen molar-refractivity contribution in [2.24, 2.45) is 0 Å². The van der Waals surface area contributed by atoms with Crippen molar-refractivity contribution in [3.8, 4) is 6.07 Å². The first kappa shape index (κ1) is 15.0. The Morgan fingerprint density at radius 2 is 2.14 bits per heavy atom. The normalized spacial score (nSPS) is 21.5. The Balaban J connectivity index is 2.26. The molecule has 1 aromatic carbocycles. The number of amides is 1. The zero-order valence-electron chi connectivity index (χ0n) is 12.3. The van der Waals surface area contributed by atoms with Gasteiger partial charge in [-0.1, -0.05) is 12.1 Å². The number of hydrogen-bond donors (Lipinski definition) is 1. The van der Waals surface area contributed by atoms with E-state index in [9.17, 15) is 9.59 Å². The molecule has 5 nitrogen and oxygen atoms in total. The third-order valence-corrected chi connectivity index (χ3v) is 3.23. The van der Waals surface area contributed by atoms with Gasteiger partial charge in [-0.15, -0.1) is 0 Å². The lowest BCUT2D eigenvalue weighted by atomic mass is 9.91. The number of nitrogens with zero attached hydrogens (tertiary/aromatic N) is 1. The van der Waals surface area contributed by atoms with Crippen LogP contribution in [0.25, 0.3) is 0 Å². The summed E-state index contributed by atoms with van der Waals surface area (Å²) in [5.74, 6) is -0.931. The minimum atomic E-state index is -0.703. The lowest BCUT2D eigenvalue weighted by molar-refractivity contribution is -0.157. The maximum atomic E-state index is 12.2. The Morgan fingerprint density at radius 1 is 1.43 bits per heavy atom. The van der Waals surface area contributed by atoms with E-state index in [0.717, 1.165) is 5.56 Å². The van der Waals surface area contributed by atoms with Gasteiger partial charge < -0.3 is 10.1 Å². The Hall–Kier alpha value is -2.35. The number of benzene rings is 1. The molecule has 1 unspecified atom stereocenters. The summed E-state index contributed by atoms with van der Waals surface area (Å²) < 4.78 is 5.36. The summed E-state index contributed by atoms with van der Waals surface area (Å²) in [5, 5.41) is 11.6. The van der Waals surface area contributed by atoms with Crippen LogP contribution in [-0.2, 0) is 14.3 Å². The van der Waals surface area contributed by atoms with E-state index in [1.807, 2.05) is 6.07 Å². The largest absolute Gasteiger partial charge is 0.458 e. The zero-order valence-corrected chi connectivity index (χ0v) is 12.3. The van der Waals surface area contributed by atoms with Crippen molar-refractivity contribution in [3.05, 3.63) is 35.4 Å². The molecule has 1 aliphatic heterocycles. The molecule has 0 aliphatic carbocycles. The van der Waals surface area contributed by atoms with Crippen LogP contribution in [0, 0.1) is 11.3 Å². The van der Waals surface area contributed by atoms with Crippen LogP contribution in [0.2, 0.25) is 0 Å². The molecule has 1 saturated heterocycles. The smallest absolute Gasteiger partial charge is 0.329 e. The summed E-state index contributed by atoms with van der Waals surface area (Å²) in [7, 11) is 0. The fourth-order valence-electron chi connectivity index (χ4n) is 2.39. The van der Waals surface area contributed by atoms with Crippen LogP contribution < -0.4 is 5.32 Å². The lowest BCUT2D eigenvalue weighted by Crippen LogP contribution is -2.41. The second kappa shape index (κ2) is 5.57. The van der Waals surface area contributed by atoms with Gasteiger partial charge >= 0.3 is 5.97 Å². The number of rotatable bonds is 2. The van der Waals surface area contributed by atoms with Crippen molar-refractivity contribution in [2.75, 3.05) is 0 Å². The molecule has 21 heavy (non-hydrogen) atoms. The van der Waals surface area contributed by atoms with Crippen molar-refractivity contribution in [1.29, 1.82) is 5.26 Å². The predicted molar refractivity (Wildman–Crippen MR) is 76.3 cm³/mol. The van der Waals surface area contributed by atoms with Crippen LogP contribution in [0.1, 0.15) is 44.2 Å². The molecule has 0 bridgehead atoms. The fraction of sp³-hybridized carbons (Fsp3) is 0.438. The quantitative estimate of drug-likeness (QED) is 0.842. The molecule has 110 valence electrons. The van der Waals surface area contributed by atoms with E-state index in [2.05, 4.69) is 11.4 Å². The maximum Gasteiger partial charge on any atom is 0.329 e. The topological polar surface area (TPSA) is 79.2 Å². The van der Waals surface area contributed by atoms with E-state index >= 15 is 0 Å². The van der Waals surface area contributed by atoms with Gasteiger partial charge in [-0.2, -0.15) is 5.26 Å². The Morgan fingerprint density at radius 3 is 2.76 bits per heavy atom. The van der Waals surface area contributed by atoms with E-state index in [-0.39, 0.29) is 18.2 Å². The van der Waals surface area contributed by atoms with Gasteiger partial charge in [0.2, 0.25) is 5.91 Å². The molecular weight excluding hydrogens is 268 g/mol. The van der Waals surface area contributed by atoms with Crippen LogP contribution in [0.4, 0.5) is 0 Å². The van der Waals surface area contributed by atoms with Gasteiger partial charge in [-0.3, -0.25) is 4.79 Å². The number of carbonyl (C=O) groups excluding carboxylic acids is 2. The van der Waals surface area contributed by atoms with E-state index in [1.165, 1.54) is 0 Å². The molecule has 1 N–H and O–H groups in total. The second-order valence-electron chi connectivity index (χ2n) is 6.13. The van der Waals surface area contributed by atoms with E-state index < -0.39 is 17.6 Å². The first-order valence-electron chi connectivity index (χ1n) is 6.82. The molecule has 0 saturated carbocycles. The number of hydrogen-bond acceptors (Lipinski definition) is 4. The van der Waals surface area contributed by atoms with Crippen molar-refractivity contribution >= 4 is 11.9 Å². The summed E-state index contributed by atoms with van der Waals surface area (Å²) >= 11 is 0. The Kier molecular flexibility index (Phi) is 3.99. The number of nitrogens with one attached hydrogen (secondary N) is 1. The predicted octanol–water partition coefficient (Wildman–Crippen LogP) is 1.87. The maximum absolute atomic E-state index is 12.2. The number of esters is 1. The van der Waals surface area contributed by atoms with Crippen LogP contribution in [-0.4, -0.2) is 23.5 Å². The molecule has 1 aliphatic rings. The standard InChI is InChI=1S/C16H18N2O3/c1-16(2,3)21-15(20)14-12(8-13(19)18-14)11-6-4-5-10(7-11)9-17/h4-7,12,14H,8H2,1-3H3,(H,18,19)/t12-,14?/m0/s1. The van der Waals surface area contributed by atoms with Crippen molar-refractivity contribution in [1.82, 2.24) is 5.32 Å². The number of ether oxygens (including phenoxy) is 1. The molecule has 2 atom stereocenters. The van der Waals surface area contributed by atoms with E-state index in [4.69, 9.17) is 10.00 Å². The first-order valence-corrected chi connectivity index (χ1v) is 6.82. The SMILES string of the molecule is CC(C)(C)OC(=O)C1NC(=O)C[C@H]1c1cccc(C#N)c1. The molecule has 0 aromatic heterocycles. The van der Waals surface area contributed by atoms with Gasteiger partial charge in [0.1, 0.15) is 11.6 Å². The molecule has 1 heterocycles. The summed E-state index contributed by atoms with van der Waals surface area (Å²) in [6.07, 6.45) is 0.221. The van der Waals surface area contributed by atoms with Crippen LogP contribution >= 0.6 is 0 Å². The highest BCUT2D eigenvalue weighted by Gasteiger charge is 2.40. The van der Waals surface area contributed by atoms with Crippen molar-refractivity contribution in [3.63, 3.8) is 0 Å². The van der Waals surface area contributed by atoms with E-state index in [0.29, 0.717) is 5.56 Å². The molecule has 1 aromatic rings. The summed E-state index contributed by atoms with van der Waals surface area (Å²) in [4.78, 5) is 23.9. The zero-order chi connectivity index (χ0) is 15.6. The van der Waals surface area contributed by atoms with Crippen LogP contribution in [0.15, 0.2) is 24.3 Å². The van der Waals surface area contributed by atoms with Gasteiger partial charge in [0.25, 0.3) is 0 Å². The van der Waals surface area contributed by atoms with Crippen molar-refractivity contribution < 1.29 is 14.3 Å². The lowest BCUT2D eigenvalue weighted by Gasteiger charge is -2.24. The minimum Gasteiger partial charge on any atom is -0.458 e. The van der Waals surface area contributed by atoms with Gasteiger partial charge in [0, 0.05) is 12.3 Å². The molecule has 5 heteroatoms. The number of carbonyl (C=O) groups is 2. The molecule has 0 spiro atoms. The molecule has 0 radical (unpaired) electrons. The average molecular weight is 286 g/mol. The van der Waals surface area contributed by atoms with Crippen molar-refractivity contribution in [2.45, 2.75) is 44.8 Å². The third kappa shape index (κ3) is 3.60. The Bertz CT molecular complexity index is 611. The van der Waals surface area contributed by atoms with Gasteiger partial charge in [0.05, 0.1) is 11.6 Å². The van der Waals surface area contributed by atoms with Gasteiger partial charge in [-0.25, -0.2) is 4.79 Å². The van der Waals surface area contributed by atoms with Gasteiger partial charge in [-0.05, 0) is 38.5 Å². The highest BCUT2D eigenvalue weighted by atomic mass is 16.6. The summed E-state index contributed by atoms with van der Waals surface area (Å²) in [6.45, 7) is 5.35. The van der Waals surface area contributed by atoms with Gasteiger partial charge in [0.15, 0.2) is 0 Å². The summed E-state index contributed by atoms with van der Waals surface area (Å²) in [6, 6.07) is 8.34. The van der Waals surface area contributed by atoms with Crippen LogP contribution in [0.5, 0.6) is 0 Å². The molecule has 1 fully saturated rings. The Labute approximate surface area is 123 Å². The highest BCUT2D eigenvalue weighted by Crippen LogP contribution is 2.30. The first-order chi connectivity index (χ1) is 9.80. The molecular formula is C16H18N2O3. The highest BCUT2D eigenvalue weighted by molar-refractivity contribution is 5.90. The minimum absolute atomic E-state index is 0.182. The second-order valence-corrected chi connectivity index (χ2v) is 6.13. The monoisotopic (exact) mass is 286 g/mol. The molecule has 2 rings (SSSR count). The molecule has 1 amide bonds. The summed E-state index contributed by atoms with van der Waals surface area (Å²) in [5.41, 5.74) is 0.696. The fourth-order valence-corrected chi connectivity index (χ4v) is 2.39. The average Bonchev–Trinajstić information content (AvgIpc) is 2.79. The number of nitriles is 1. The van der Waals surface area contributed by atoms with E-state index in [1.54, 1.807) is 39.0 Å². The third-order valence-electron chi connectivity index (χ3n) is 3.23. The van der Waals surface area contributed by atoms with Crippen LogP contribution in [0.3, 0.4) is 0 Å².